The zero-order valence-corrected chi connectivity index (χ0v) is 17.2. The van der Waals surface area contributed by atoms with Gasteiger partial charge in [-0.3, -0.25) is 4.90 Å². The number of benzene rings is 2. The Labute approximate surface area is 171 Å². The van der Waals surface area contributed by atoms with E-state index in [4.69, 9.17) is 9.47 Å². The summed E-state index contributed by atoms with van der Waals surface area (Å²) in [5.74, 6) is 2.43. The van der Waals surface area contributed by atoms with Crippen molar-refractivity contribution in [1.82, 2.24) is 25.1 Å². The van der Waals surface area contributed by atoms with Gasteiger partial charge in [0.15, 0.2) is 17.3 Å². The summed E-state index contributed by atoms with van der Waals surface area (Å²) in [6.45, 7) is 4.57. The Hall–Kier alpha value is -2.93. The molecule has 152 valence electrons. The number of hydrogen-bond acceptors (Lipinski definition) is 6. The van der Waals surface area contributed by atoms with Gasteiger partial charge < -0.3 is 9.47 Å². The van der Waals surface area contributed by atoms with Crippen LogP contribution in [0.25, 0.3) is 0 Å². The molecule has 0 fully saturated rings. The van der Waals surface area contributed by atoms with Crippen molar-refractivity contribution in [3.8, 4) is 11.5 Å². The molecule has 7 heteroatoms. The number of aryl methyl sites for hydroxylation is 1. The van der Waals surface area contributed by atoms with E-state index in [1.165, 1.54) is 16.7 Å². The Balaban J connectivity index is 1.76. The third kappa shape index (κ3) is 3.82. The van der Waals surface area contributed by atoms with Crippen molar-refractivity contribution in [1.29, 1.82) is 0 Å². The predicted octanol–water partition coefficient (Wildman–Crippen LogP) is 3.25. The van der Waals surface area contributed by atoms with Gasteiger partial charge in [-0.2, -0.15) is 0 Å². The molecule has 1 aliphatic heterocycles. The molecule has 7 nitrogen and oxygen atoms in total. The Morgan fingerprint density at radius 1 is 1.07 bits per heavy atom. The van der Waals surface area contributed by atoms with Crippen LogP contribution in [0.3, 0.4) is 0 Å². The molecular formula is C22H27N5O2. The zero-order chi connectivity index (χ0) is 20.2. The lowest BCUT2D eigenvalue weighted by Gasteiger charge is -2.37. The maximum atomic E-state index is 5.60. The smallest absolute Gasteiger partial charge is 0.165 e. The molecule has 2 heterocycles. The van der Waals surface area contributed by atoms with Gasteiger partial charge in [0.1, 0.15) is 0 Å². The number of ether oxygens (including phenoxy) is 2. The van der Waals surface area contributed by atoms with Crippen LogP contribution in [-0.2, 0) is 19.5 Å². The molecule has 1 unspecified atom stereocenters. The Morgan fingerprint density at radius 2 is 1.83 bits per heavy atom. The summed E-state index contributed by atoms with van der Waals surface area (Å²) < 4.78 is 13.0. The fourth-order valence-electron chi connectivity index (χ4n) is 4.10. The van der Waals surface area contributed by atoms with Crippen molar-refractivity contribution in [3.63, 3.8) is 0 Å². The van der Waals surface area contributed by atoms with E-state index >= 15 is 0 Å². The van der Waals surface area contributed by atoms with Gasteiger partial charge in [-0.15, -0.1) is 5.10 Å². The molecule has 0 saturated carbocycles. The van der Waals surface area contributed by atoms with E-state index in [1.54, 1.807) is 14.2 Å². The SMILES string of the molecule is CCCn1nnnc1CN1CCc2cc(OC)c(OC)cc2C1c1ccccc1. The van der Waals surface area contributed by atoms with Crippen LogP contribution in [0, 0.1) is 0 Å². The van der Waals surface area contributed by atoms with Crippen molar-refractivity contribution < 1.29 is 9.47 Å². The van der Waals surface area contributed by atoms with Crippen LogP contribution in [-0.4, -0.2) is 45.9 Å². The first-order valence-electron chi connectivity index (χ1n) is 10.0. The van der Waals surface area contributed by atoms with E-state index in [1.807, 2.05) is 10.7 Å². The maximum Gasteiger partial charge on any atom is 0.165 e. The van der Waals surface area contributed by atoms with Crippen LogP contribution in [0.1, 0.15) is 41.9 Å². The van der Waals surface area contributed by atoms with Gasteiger partial charge in [-0.25, -0.2) is 4.68 Å². The van der Waals surface area contributed by atoms with E-state index in [0.717, 1.165) is 43.3 Å². The molecule has 0 radical (unpaired) electrons. The van der Waals surface area contributed by atoms with Gasteiger partial charge in [-0.05, 0) is 52.1 Å². The van der Waals surface area contributed by atoms with Crippen molar-refractivity contribution in [2.24, 2.45) is 0 Å². The lowest BCUT2D eigenvalue weighted by atomic mass is 9.87. The van der Waals surface area contributed by atoms with Crippen molar-refractivity contribution >= 4 is 0 Å². The van der Waals surface area contributed by atoms with Crippen LogP contribution in [0.5, 0.6) is 11.5 Å². The molecule has 0 bridgehead atoms. The summed E-state index contributed by atoms with van der Waals surface area (Å²) in [5.41, 5.74) is 3.78. The number of nitrogens with zero attached hydrogens (tertiary/aromatic N) is 5. The number of rotatable bonds is 7. The Kier molecular flexibility index (Phi) is 5.76. The van der Waals surface area contributed by atoms with Gasteiger partial charge >= 0.3 is 0 Å². The third-order valence-electron chi connectivity index (χ3n) is 5.47. The summed E-state index contributed by atoms with van der Waals surface area (Å²) in [6, 6.07) is 14.9. The lowest BCUT2D eigenvalue weighted by molar-refractivity contribution is 0.194. The molecule has 0 N–H and O–H groups in total. The summed E-state index contributed by atoms with van der Waals surface area (Å²) in [7, 11) is 3.36. The average molecular weight is 393 g/mol. The largest absolute Gasteiger partial charge is 0.493 e. The zero-order valence-electron chi connectivity index (χ0n) is 17.2. The first-order valence-corrected chi connectivity index (χ1v) is 10.0. The Morgan fingerprint density at radius 3 is 2.55 bits per heavy atom. The number of tetrazole rings is 1. The van der Waals surface area contributed by atoms with E-state index in [-0.39, 0.29) is 6.04 Å². The molecule has 0 saturated heterocycles. The standard InChI is InChI=1S/C22H27N5O2/c1-4-11-27-21(23-24-25-27)15-26-12-10-17-13-19(28-2)20(29-3)14-18(17)22(26)16-8-6-5-7-9-16/h5-9,13-14,22H,4,10-12,15H2,1-3H3. The lowest BCUT2D eigenvalue weighted by Crippen LogP contribution is -2.36. The second kappa shape index (κ2) is 8.61. The number of methoxy groups -OCH3 is 2. The summed E-state index contributed by atoms with van der Waals surface area (Å²) >= 11 is 0. The van der Waals surface area contributed by atoms with Crippen molar-refractivity contribution in [2.75, 3.05) is 20.8 Å². The first kappa shape index (κ1) is 19.4. The minimum absolute atomic E-state index is 0.103. The van der Waals surface area contributed by atoms with E-state index < -0.39 is 0 Å². The minimum Gasteiger partial charge on any atom is -0.493 e. The molecule has 1 atom stereocenters. The molecule has 0 aliphatic carbocycles. The molecule has 1 aliphatic rings. The quantitative estimate of drug-likeness (QED) is 0.614. The van der Waals surface area contributed by atoms with Crippen LogP contribution in [0.4, 0.5) is 0 Å². The highest BCUT2D eigenvalue weighted by Crippen LogP contribution is 2.41. The second-order valence-corrected chi connectivity index (χ2v) is 7.26. The van der Waals surface area contributed by atoms with E-state index in [2.05, 4.69) is 63.7 Å². The van der Waals surface area contributed by atoms with Crippen LogP contribution >= 0.6 is 0 Å². The van der Waals surface area contributed by atoms with Crippen molar-refractivity contribution in [2.45, 2.75) is 38.9 Å². The molecule has 2 aromatic carbocycles. The van der Waals surface area contributed by atoms with Gasteiger partial charge in [0.2, 0.25) is 0 Å². The third-order valence-corrected chi connectivity index (χ3v) is 5.47. The highest BCUT2D eigenvalue weighted by atomic mass is 16.5. The highest BCUT2D eigenvalue weighted by molar-refractivity contribution is 5.51. The van der Waals surface area contributed by atoms with Gasteiger partial charge in [0.05, 0.1) is 26.8 Å². The predicted molar refractivity (Wildman–Crippen MR) is 110 cm³/mol. The molecule has 3 aromatic rings. The average Bonchev–Trinajstić information content (AvgIpc) is 3.20. The van der Waals surface area contributed by atoms with Gasteiger partial charge in [0, 0.05) is 13.1 Å². The number of hydrogen-bond donors (Lipinski definition) is 0. The minimum atomic E-state index is 0.103. The maximum absolute atomic E-state index is 5.60. The molecule has 4 rings (SSSR count). The van der Waals surface area contributed by atoms with Gasteiger partial charge in [-0.1, -0.05) is 37.3 Å². The first-order chi connectivity index (χ1) is 14.2. The van der Waals surface area contributed by atoms with Crippen LogP contribution in [0.2, 0.25) is 0 Å². The van der Waals surface area contributed by atoms with E-state index in [9.17, 15) is 0 Å². The summed E-state index contributed by atoms with van der Waals surface area (Å²) in [5, 5.41) is 12.3. The molecule has 1 aromatic heterocycles. The monoisotopic (exact) mass is 393 g/mol. The second-order valence-electron chi connectivity index (χ2n) is 7.26. The molecule has 0 spiro atoms. The van der Waals surface area contributed by atoms with Crippen LogP contribution in [0.15, 0.2) is 42.5 Å². The topological polar surface area (TPSA) is 65.3 Å². The Bertz CT molecular complexity index is 957. The van der Waals surface area contributed by atoms with Gasteiger partial charge in [0.25, 0.3) is 0 Å². The fourth-order valence-corrected chi connectivity index (χ4v) is 4.10. The highest BCUT2D eigenvalue weighted by Gasteiger charge is 2.31. The molecule has 0 amide bonds. The summed E-state index contributed by atoms with van der Waals surface area (Å²) in [4.78, 5) is 2.45. The van der Waals surface area contributed by atoms with Crippen molar-refractivity contribution in [3.05, 3.63) is 65.0 Å². The normalized spacial score (nSPS) is 16.4. The fraction of sp³-hybridized carbons (Fsp3) is 0.409. The van der Waals surface area contributed by atoms with E-state index in [0.29, 0.717) is 6.54 Å². The summed E-state index contributed by atoms with van der Waals surface area (Å²) in [6.07, 6.45) is 1.94. The number of fused-ring (bicyclic) bond motifs is 1. The molecular weight excluding hydrogens is 366 g/mol. The molecule has 29 heavy (non-hydrogen) atoms. The van der Waals surface area contributed by atoms with Crippen LogP contribution < -0.4 is 9.47 Å². The number of aromatic nitrogens is 4.